The van der Waals surface area contributed by atoms with Gasteiger partial charge in [0.05, 0.1) is 0 Å². The van der Waals surface area contributed by atoms with E-state index in [1.165, 1.54) is 18.4 Å². The van der Waals surface area contributed by atoms with Crippen molar-refractivity contribution in [3.05, 3.63) is 23.9 Å². The summed E-state index contributed by atoms with van der Waals surface area (Å²) in [4.78, 5) is 4.34. The molecular weight excluding hydrogens is 186 g/mol. The summed E-state index contributed by atoms with van der Waals surface area (Å²) < 4.78 is 0. The Hall–Kier alpha value is -1.09. The summed E-state index contributed by atoms with van der Waals surface area (Å²) in [6.45, 7) is 2.07. The van der Waals surface area contributed by atoms with Gasteiger partial charge < -0.3 is 11.1 Å². The number of nitrogens with one attached hydrogen (secondary N) is 1. The van der Waals surface area contributed by atoms with Crippen molar-refractivity contribution in [3.63, 3.8) is 0 Å². The average Bonchev–Trinajstić information content (AvgIpc) is 2.24. The summed E-state index contributed by atoms with van der Waals surface area (Å²) in [7, 11) is 0. The minimum atomic E-state index is 0.278. The van der Waals surface area contributed by atoms with Crippen LogP contribution in [0.1, 0.15) is 31.2 Å². The molecule has 1 aromatic rings. The van der Waals surface area contributed by atoms with Crippen LogP contribution in [0.25, 0.3) is 0 Å². The van der Waals surface area contributed by atoms with Crippen molar-refractivity contribution in [2.24, 2.45) is 5.73 Å². The third-order valence-corrected chi connectivity index (χ3v) is 3.15. The van der Waals surface area contributed by atoms with E-state index in [1.807, 2.05) is 12.3 Å². The number of rotatable bonds is 2. The van der Waals surface area contributed by atoms with Gasteiger partial charge in [-0.1, -0.05) is 18.9 Å². The maximum Gasteiger partial charge on any atom is 0.129 e. The van der Waals surface area contributed by atoms with Crippen LogP contribution in [-0.4, -0.2) is 17.1 Å². The van der Waals surface area contributed by atoms with E-state index in [4.69, 9.17) is 5.73 Å². The first-order valence-corrected chi connectivity index (χ1v) is 5.71. The fraction of sp³-hybridized carbons (Fsp3) is 0.583. The first-order chi connectivity index (χ1) is 7.27. The van der Waals surface area contributed by atoms with Gasteiger partial charge in [0.2, 0.25) is 0 Å². The zero-order valence-electron chi connectivity index (χ0n) is 9.24. The van der Waals surface area contributed by atoms with Gasteiger partial charge in [-0.2, -0.15) is 0 Å². The number of pyridine rings is 1. The second-order valence-corrected chi connectivity index (χ2v) is 4.37. The fourth-order valence-electron chi connectivity index (χ4n) is 2.15. The highest BCUT2D eigenvalue weighted by Crippen LogP contribution is 2.21. The molecule has 0 amide bonds. The molecular formula is C12H19N3. The number of hydrogen-bond donors (Lipinski definition) is 2. The number of aryl methyl sites for hydroxylation is 1. The van der Waals surface area contributed by atoms with E-state index in [0.717, 1.165) is 18.7 Å². The molecule has 0 unspecified atom stereocenters. The van der Waals surface area contributed by atoms with Gasteiger partial charge in [0, 0.05) is 18.3 Å². The molecule has 3 N–H and O–H groups in total. The van der Waals surface area contributed by atoms with E-state index >= 15 is 0 Å². The smallest absolute Gasteiger partial charge is 0.129 e. The lowest BCUT2D eigenvalue weighted by atomic mass is 9.91. The molecule has 3 nitrogen and oxygen atoms in total. The van der Waals surface area contributed by atoms with Crippen molar-refractivity contribution in [2.45, 2.75) is 44.7 Å². The second kappa shape index (κ2) is 4.62. The molecule has 0 aliphatic heterocycles. The van der Waals surface area contributed by atoms with Crippen LogP contribution in [0.4, 0.5) is 5.82 Å². The van der Waals surface area contributed by atoms with Crippen LogP contribution in [0.2, 0.25) is 0 Å². The van der Waals surface area contributed by atoms with Crippen molar-refractivity contribution in [3.8, 4) is 0 Å². The summed E-state index contributed by atoms with van der Waals surface area (Å²) in [5, 5.41) is 3.46. The summed E-state index contributed by atoms with van der Waals surface area (Å²) in [6, 6.07) is 4.71. The number of nitrogens with two attached hydrogens (primary N) is 1. The van der Waals surface area contributed by atoms with Gasteiger partial charge in [0.1, 0.15) is 5.82 Å². The van der Waals surface area contributed by atoms with E-state index in [1.54, 1.807) is 0 Å². The summed E-state index contributed by atoms with van der Waals surface area (Å²) in [5.41, 5.74) is 7.28. The molecule has 1 fully saturated rings. The van der Waals surface area contributed by atoms with Gasteiger partial charge in [0.25, 0.3) is 0 Å². The van der Waals surface area contributed by atoms with E-state index < -0.39 is 0 Å². The second-order valence-electron chi connectivity index (χ2n) is 4.37. The molecule has 0 radical (unpaired) electrons. The minimum Gasteiger partial charge on any atom is -0.366 e. The molecule has 1 saturated carbocycles. The highest BCUT2D eigenvalue weighted by atomic mass is 15.0. The van der Waals surface area contributed by atoms with Gasteiger partial charge in [-0.3, -0.25) is 0 Å². The topological polar surface area (TPSA) is 50.9 Å². The Labute approximate surface area is 91.1 Å². The Bertz CT molecular complexity index is 324. The number of hydrogen-bond acceptors (Lipinski definition) is 3. The molecule has 1 aromatic heterocycles. The Kier molecular flexibility index (Phi) is 3.21. The van der Waals surface area contributed by atoms with E-state index in [0.29, 0.717) is 6.04 Å². The third kappa shape index (κ3) is 2.48. The zero-order chi connectivity index (χ0) is 10.7. The monoisotopic (exact) mass is 205 g/mol. The van der Waals surface area contributed by atoms with Gasteiger partial charge in [-0.05, 0) is 31.4 Å². The molecule has 1 heterocycles. The lowest BCUT2D eigenvalue weighted by Crippen LogP contribution is -2.42. The Morgan fingerprint density at radius 2 is 2.20 bits per heavy atom. The van der Waals surface area contributed by atoms with Crippen LogP contribution in [0.5, 0.6) is 0 Å². The van der Waals surface area contributed by atoms with E-state index in [9.17, 15) is 0 Å². The lowest BCUT2D eigenvalue weighted by Gasteiger charge is -2.30. The quantitative estimate of drug-likeness (QED) is 0.777. The van der Waals surface area contributed by atoms with Crippen LogP contribution >= 0.6 is 0 Å². The van der Waals surface area contributed by atoms with Crippen molar-refractivity contribution in [1.29, 1.82) is 0 Å². The predicted molar refractivity (Wildman–Crippen MR) is 62.8 cm³/mol. The largest absolute Gasteiger partial charge is 0.366 e. The molecule has 3 heteroatoms. The highest BCUT2D eigenvalue weighted by molar-refractivity contribution is 5.43. The van der Waals surface area contributed by atoms with Gasteiger partial charge in [0.15, 0.2) is 0 Å². The molecule has 0 aromatic carbocycles. The highest BCUT2D eigenvalue weighted by Gasteiger charge is 2.21. The number of aromatic nitrogens is 1. The minimum absolute atomic E-state index is 0.278. The molecule has 2 rings (SSSR count). The average molecular weight is 205 g/mol. The van der Waals surface area contributed by atoms with Crippen LogP contribution in [0, 0.1) is 6.92 Å². The first-order valence-electron chi connectivity index (χ1n) is 5.71. The maximum absolute atomic E-state index is 6.09. The van der Waals surface area contributed by atoms with Crippen molar-refractivity contribution in [1.82, 2.24) is 4.98 Å². The predicted octanol–water partition coefficient (Wildman–Crippen LogP) is 2.07. The molecule has 1 aliphatic carbocycles. The van der Waals surface area contributed by atoms with Crippen LogP contribution in [-0.2, 0) is 0 Å². The summed E-state index contributed by atoms with van der Waals surface area (Å²) >= 11 is 0. The fourth-order valence-corrected chi connectivity index (χ4v) is 2.15. The Morgan fingerprint density at radius 1 is 1.40 bits per heavy atom. The Balaban J connectivity index is 2.04. The molecule has 82 valence electrons. The maximum atomic E-state index is 6.09. The molecule has 15 heavy (non-hydrogen) atoms. The van der Waals surface area contributed by atoms with Gasteiger partial charge in [-0.15, -0.1) is 0 Å². The summed E-state index contributed by atoms with van der Waals surface area (Å²) in [6.07, 6.45) is 6.65. The van der Waals surface area contributed by atoms with E-state index in [2.05, 4.69) is 23.3 Å². The van der Waals surface area contributed by atoms with Crippen molar-refractivity contribution >= 4 is 5.82 Å². The Morgan fingerprint density at radius 3 is 2.93 bits per heavy atom. The SMILES string of the molecule is Cc1cccnc1N[C@@H]1CCCC[C@H]1N. The van der Waals surface area contributed by atoms with Crippen LogP contribution in [0.15, 0.2) is 18.3 Å². The molecule has 1 aliphatic rings. The number of nitrogens with zero attached hydrogens (tertiary/aromatic N) is 1. The third-order valence-electron chi connectivity index (χ3n) is 3.15. The molecule has 0 bridgehead atoms. The molecule has 0 saturated heterocycles. The van der Waals surface area contributed by atoms with Crippen molar-refractivity contribution < 1.29 is 0 Å². The van der Waals surface area contributed by atoms with Crippen LogP contribution < -0.4 is 11.1 Å². The van der Waals surface area contributed by atoms with Gasteiger partial charge >= 0.3 is 0 Å². The normalized spacial score (nSPS) is 26.3. The zero-order valence-corrected chi connectivity index (χ0v) is 9.24. The summed E-state index contributed by atoms with van der Waals surface area (Å²) in [5.74, 6) is 0.986. The molecule has 0 spiro atoms. The van der Waals surface area contributed by atoms with Crippen molar-refractivity contribution in [2.75, 3.05) is 5.32 Å². The van der Waals surface area contributed by atoms with E-state index in [-0.39, 0.29) is 6.04 Å². The molecule has 2 atom stereocenters. The van der Waals surface area contributed by atoms with Crippen LogP contribution in [0.3, 0.4) is 0 Å². The number of anilines is 1. The first kappa shape index (κ1) is 10.4. The standard InChI is InChI=1S/C12H19N3/c1-9-5-4-8-14-12(9)15-11-7-3-2-6-10(11)13/h4-5,8,10-11H,2-3,6-7,13H2,1H3,(H,14,15)/t10-,11-/m1/s1. The lowest BCUT2D eigenvalue weighted by molar-refractivity contribution is 0.403. The van der Waals surface area contributed by atoms with Gasteiger partial charge in [-0.25, -0.2) is 4.98 Å².